The van der Waals surface area contributed by atoms with Gasteiger partial charge in [0.05, 0.1) is 0 Å². The molecule has 1 aromatic heterocycles. The highest BCUT2D eigenvalue weighted by molar-refractivity contribution is 6.68. The van der Waals surface area contributed by atoms with Crippen LogP contribution in [0.2, 0.25) is 0 Å². The zero-order valence-corrected chi connectivity index (χ0v) is 11.0. The summed E-state index contributed by atoms with van der Waals surface area (Å²) in [6, 6.07) is 3.72. The third kappa shape index (κ3) is 4.75. The average molecular weight is 291 g/mol. The SMILES string of the molecule is Cc1cccnc1CC(O)C(Cl)(Cl)Cl.Cl. The van der Waals surface area contributed by atoms with Gasteiger partial charge in [-0.2, -0.15) is 0 Å². The minimum absolute atomic E-state index is 0. The van der Waals surface area contributed by atoms with E-state index < -0.39 is 9.90 Å². The zero-order valence-electron chi connectivity index (χ0n) is 7.95. The molecule has 0 saturated carbocycles. The van der Waals surface area contributed by atoms with Crippen LogP contribution >= 0.6 is 47.2 Å². The molecule has 2 nitrogen and oxygen atoms in total. The van der Waals surface area contributed by atoms with Crippen molar-refractivity contribution in [3.63, 3.8) is 0 Å². The number of aliphatic hydroxyl groups excluding tert-OH is 1. The molecular weight excluding hydrogens is 280 g/mol. The minimum atomic E-state index is -1.66. The highest BCUT2D eigenvalue weighted by Gasteiger charge is 2.31. The molecule has 6 heteroatoms. The van der Waals surface area contributed by atoms with Crippen molar-refractivity contribution < 1.29 is 5.11 Å². The van der Waals surface area contributed by atoms with E-state index >= 15 is 0 Å². The molecule has 0 saturated heterocycles. The van der Waals surface area contributed by atoms with E-state index in [1.807, 2.05) is 19.1 Å². The fraction of sp³-hybridized carbons (Fsp3) is 0.444. The lowest BCUT2D eigenvalue weighted by molar-refractivity contribution is 0.178. The monoisotopic (exact) mass is 289 g/mol. The Kier molecular flexibility index (Phi) is 6.23. The van der Waals surface area contributed by atoms with Gasteiger partial charge in [-0.1, -0.05) is 40.9 Å². The predicted octanol–water partition coefficient (Wildman–Crippen LogP) is 3.09. The zero-order chi connectivity index (χ0) is 10.8. The van der Waals surface area contributed by atoms with Gasteiger partial charge in [0.15, 0.2) is 0 Å². The van der Waals surface area contributed by atoms with E-state index in [1.54, 1.807) is 6.20 Å². The quantitative estimate of drug-likeness (QED) is 0.849. The summed E-state index contributed by atoms with van der Waals surface area (Å²) >= 11 is 16.6. The van der Waals surface area contributed by atoms with E-state index in [9.17, 15) is 5.11 Å². The summed E-state index contributed by atoms with van der Waals surface area (Å²) in [4.78, 5) is 4.10. The number of alkyl halides is 3. The largest absolute Gasteiger partial charge is 0.388 e. The van der Waals surface area contributed by atoms with Crippen LogP contribution in [-0.4, -0.2) is 20.0 Å². The van der Waals surface area contributed by atoms with Gasteiger partial charge in [-0.25, -0.2) is 0 Å². The van der Waals surface area contributed by atoms with Crippen LogP contribution in [0.5, 0.6) is 0 Å². The average Bonchev–Trinajstić information content (AvgIpc) is 2.07. The number of aliphatic hydroxyl groups is 1. The number of nitrogens with zero attached hydrogens (tertiary/aromatic N) is 1. The molecule has 1 heterocycles. The smallest absolute Gasteiger partial charge is 0.216 e. The molecule has 86 valence electrons. The Labute approximate surface area is 110 Å². The van der Waals surface area contributed by atoms with Crippen LogP contribution in [0.25, 0.3) is 0 Å². The molecule has 0 aromatic carbocycles. The van der Waals surface area contributed by atoms with Crippen LogP contribution in [0.1, 0.15) is 11.3 Å². The highest BCUT2D eigenvalue weighted by Crippen LogP contribution is 2.31. The Hall–Kier alpha value is 0.270. The van der Waals surface area contributed by atoms with Gasteiger partial charge in [0.25, 0.3) is 0 Å². The Balaban J connectivity index is 0.00000196. The number of halogens is 4. The Morgan fingerprint density at radius 2 is 2.07 bits per heavy atom. The van der Waals surface area contributed by atoms with Gasteiger partial charge in [0.2, 0.25) is 3.79 Å². The summed E-state index contributed by atoms with van der Waals surface area (Å²) in [5.41, 5.74) is 1.71. The van der Waals surface area contributed by atoms with Gasteiger partial charge >= 0.3 is 0 Å². The van der Waals surface area contributed by atoms with Crippen molar-refractivity contribution >= 4 is 47.2 Å². The summed E-state index contributed by atoms with van der Waals surface area (Å²) in [7, 11) is 0. The normalized spacial score (nSPS) is 13.1. The van der Waals surface area contributed by atoms with Crippen LogP contribution in [0.3, 0.4) is 0 Å². The lowest BCUT2D eigenvalue weighted by Crippen LogP contribution is -2.28. The molecule has 1 atom stereocenters. The van der Waals surface area contributed by atoms with Crippen molar-refractivity contribution in [2.75, 3.05) is 0 Å². The van der Waals surface area contributed by atoms with Gasteiger partial charge in [0, 0.05) is 18.3 Å². The first-order valence-electron chi connectivity index (χ1n) is 4.06. The molecule has 1 aromatic rings. The van der Waals surface area contributed by atoms with Crippen LogP contribution in [0.4, 0.5) is 0 Å². The second-order valence-electron chi connectivity index (χ2n) is 3.03. The van der Waals surface area contributed by atoms with E-state index in [0.29, 0.717) is 0 Å². The Morgan fingerprint density at radius 1 is 1.47 bits per heavy atom. The molecule has 0 aliphatic heterocycles. The molecule has 1 unspecified atom stereocenters. The molecule has 15 heavy (non-hydrogen) atoms. The lowest BCUT2D eigenvalue weighted by atomic mass is 10.1. The fourth-order valence-electron chi connectivity index (χ4n) is 1.03. The van der Waals surface area contributed by atoms with Crippen LogP contribution < -0.4 is 0 Å². The standard InChI is InChI=1S/C9H10Cl3NO.ClH/c1-6-3-2-4-13-7(6)5-8(14)9(10,11)12;/h2-4,8,14H,5H2,1H3;1H. The van der Waals surface area contributed by atoms with Gasteiger partial charge in [-0.15, -0.1) is 12.4 Å². The molecule has 0 radical (unpaired) electrons. The van der Waals surface area contributed by atoms with Crippen molar-refractivity contribution in [3.05, 3.63) is 29.6 Å². The van der Waals surface area contributed by atoms with E-state index in [1.165, 1.54) is 0 Å². The van der Waals surface area contributed by atoms with Crippen molar-refractivity contribution in [3.8, 4) is 0 Å². The summed E-state index contributed by atoms with van der Waals surface area (Å²) in [6.07, 6.45) is 0.845. The first kappa shape index (κ1) is 15.3. The second-order valence-corrected chi connectivity index (χ2v) is 5.40. The van der Waals surface area contributed by atoms with E-state index in [0.717, 1.165) is 11.3 Å². The van der Waals surface area contributed by atoms with Crippen molar-refractivity contribution in [1.29, 1.82) is 0 Å². The maximum atomic E-state index is 9.53. The third-order valence-corrected chi connectivity index (χ3v) is 2.64. The molecular formula is C9H11Cl4NO. The second kappa shape index (κ2) is 6.12. The lowest BCUT2D eigenvalue weighted by Gasteiger charge is -2.18. The maximum Gasteiger partial charge on any atom is 0.216 e. The van der Waals surface area contributed by atoms with E-state index in [4.69, 9.17) is 34.8 Å². The summed E-state index contributed by atoms with van der Waals surface area (Å²) in [5.74, 6) is 0. The molecule has 0 fully saturated rings. The number of rotatable bonds is 2. The number of pyridine rings is 1. The highest BCUT2D eigenvalue weighted by atomic mass is 35.6. The first-order valence-corrected chi connectivity index (χ1v) is 5.20. The molecule has 0 bridgehead atoms. The molecule has 0 amide bonds. The summed E-state index contributed by atoms with van der Waals surface area (Å²) < 4.78 is -1.66. The van der Waals surface area contributed by atoms with Crippen LogP contribution in [0.15, 0.2) is 18.3 Å². The van der Waals surface area contributed by atoms with E-state index in [-0.39, 0.29) is 18.8 Å². The number of hydrogen-bond donors (Lipinski definition) is 1. The fourth-order valence-corrected chi connectivity index (χ4v) is 1.26. The minimum Gasteiger partial charge on any atom is -0.388 e. The van der Waals surface area contributed by atoms with Crippen molar-refractivity contribution in [2.45, 2.75) is 23.2 Å². The predicted molar refractivity (Wildman–Crippen MR) is 66.2 cm³/mol. The topological polar surface area (TPSA) is 33.1 Å². The van der Waals surface area contributed by atoms with Gasteiger partial charge in [-0.05, 0) is 18.6 Å². The number of hydrogen-bond acceptors (Lipinski definition) is 2. The van der Waals surface area contributed by atoms with E-state index in [2.05, 4.69) is 4.98 Å². The summed E-state index contributed by atoms with van der Waals surface area (Å²) in [6.45, 7) is 1.90. The van der Waals surface area contributed by atoms with Gasteiger partial charge in [0.1, 0.15) is 6.10 Å². The van der Waals surface area contributed by atoms with Gasteiger partial charge in [-0.3, -0.25) is 4.98 Å². The van der Waals surface area contributed by atoms with Crippen molar-refractivity contribution in [1.82, 2.24) is 4.98 Å². The van der Waals surface area contributed by atoms with Crippen molar-refractivity contribution in [2.24, 2.45) is 0 Å². The number of aryl methyl sites for hydroxylation is 1. The summed E-state index contributed by atoms with van der Waals surface area (Å²) in [5, 5.41) is 9.53. The first-order chi connectivity index (χ1) is 6.41. The Bertz CT molecular complexity index is 313. The maximum absolute atomic E-state index is 9.53. The third-order valence-electron chi connectivity index (χ3n) is 1.88. The molecule has 0 spiro atoms. The number of aromatic nitrogens is 1. The Morgan fingerprint density at radius 3 is 2.53 bits per heavy atom. The van der Waals surface area contributed by atoms with Crippen LogP contribution in [0, 0.1) is 6.92 Å². The molecule has 1 rings (SSSR count). The molecule has 0 aliphatic rings. The molecule has 0 aliphatic carbocycles. The van der Waals surface area contributed by atoms with Crippen LogP contribution in [-0.2, 0) is 6.42 Å². The van der Waals surface area contributed by atoms with Gasteiger partial charge < -0.3 is 5.11 Å². The molecule has 1 N–H and O–H groups in total.